The Bertz CT molecular complexity index is 435. The van der Waals surface area contributed by atoms with Gasteiger partial charge < -0.3 is 5.32 Å². The Hall–Kier alpha value is 0.220. The van der Waals surface area contributed by atoms with Gasteiger partial charge in [-0.1, -0.05) is 6.92 Å². The molecule has 2 saturated carbocycles. The summed E-state index contributed by atoms with van der Waals surface area (Å²) in [7, 11) is -2.95. The number of hydrogen-bond donors (Lipinski definition) is 1. The van der Waals surface area contributed by atoms with Crippen molar-refractivity contribution in [3.8, 4) is 0 Å². The van der Waals surface area contributed by atoms with Crippen LogP contribution in [0.5, 0.6) is 0 Å². The Morgan fingerprint density at radius 2 is 1.90 bits per heavy atom. The smallest absolute Gasteiger partial charge is 0.166 e. The van der Waals surface area contributed by atoms with Crippen LogP contribution in [0.1, 0.15) is 32.6 Å². The molecule has 1 atom stereocenters. The van der Waals surface area contributed by atoms with Gasteiger partial charge in [0.1, 0.15) is 5.37 Å². The summed E-state index contributed by atoms with van der Waals surface area (Å²) in [6.45, 7) is 4.49. The first-order chi connectivity index (χ1) is 10.1. The lowest BCUT2D eigenvalue weighted by Crippen LogP contribution is -2.50. The summed E-state index contributed by atoms with van der Waals surface area (Å²) < 4.78 is 24.4. The van der Waals surface area contributed by atoms with Crippen molar-refractivity contribution in [2.24, 2.45) is 11.8 Å². The molecule has 1 saturated heterocycles. The van der Waals surface area contributed by atoms with Crippen LogP contribution in [0.2, 0.25) is 0 Å². The van der Waals surface area contributed by atoms with E-state index in [2.05, 4.69) is 10.2 Å². The molecule has 1 N–H and O–H groups in total. The van der Waals surface area contributed by atoms with Crippen LogP contribution >= 0.6 is 11.8 Å². The minimum Gasteiger partial charge on any atom is -0.312 e. The van der Waals surface area contributed by atoms with E-state index in [9.17, 15) is 8.42 Å². The van der Waals surface area contributed by atoms with E-state index in [1.807, 2.05) is 0 Å². The third kappa shape index (κ3) is 4.15. The maximum absolute atomic E-state index is 12.2. The largest absolute Gasteiger partial charge is 0.312 e. The average Bonchev–Trinajstić information content (AvgIpc) is 3.37. The normalized spacial score (nSPS) is 28.2. The predicted octanol–water partition coefficient (Wildman–Crippen LogP) is 1.57. The van der Waals surface area contributed by atoms with Gasteiger partial charge in [-0.15, -0.1) is 0 Å². The zero-order valence-corrected chi connectivity index (χ0v) is 14.6. The Kier molecular flexibility index (Phi) is 5.19. The van der Waals surface area contributed by atoms with E-state index in [0.717, 1.165) is 43.0 Å². The molecule has 1 aliphatic heterocycles. The van der Waals surface area contributed by atoms with Gasteiger partial charge >= 0.3 is 0 Å². The second kappa shape index (κ2) is 6.77. The molecule has 0 aromatic carbocycles. The van der Waals surface area contributed by atoms with Crippen LogP contribution in [-0.2, 0) is 9.84 Å². The highest BCUT2D eigenvalue weighted by molar-refractivity contribution is 8.01. The minimum absolute atomic E-state index is 0.259. The number of thioether (sulfide) groups is 1. The van der Waals surface area contributed by atoms with E-state index in [1.165, 1.54) is 25.7 Å². The van der Waals surface area contributed by atoms with Gasteiger partial charge in [0.25, 0.3) is 0 Å². The van der Waals surface area contributed by atoms with Gasteiger partial charge in [-0.2, -0.15) is 11.8 Å². The Labute approximate surface area is 133 Å². The van der Waals surface area contributed by atoms with E-state index >= 15 is 0 Å². The third-order valence-electron chi connectivity index (χ3n) is 5.05. The lowest BCUT2D eigenvalue weighted by atomic mass is 10.1. The monoisotopic (exact) mass is 332 g/mol. The molecule has 0 aromatic rings. The fourth-order valence-corrected chi connectivity index (χ4v) is 6.51. The number of nitrogens with one attached hydrogen (secondary N) is 1. The van der Waals surface area contributed by atoms with Crippen molar-refractivity contribution < 1.29 is 8.42 Å². The van der Waals surface area contributed by atoms with Crippen molar-refractivity contribution in [2.45, 2.75) is 44.0 Å². The molecule has 0 aromatic heterocycles. The molecule has 3 fully saturated rings. The standard InChI is InChI=1S/C15H28N2O2S2/c1-2-21(18,19)14-11-20-10-9-17(14)8-7-16-15(12-3-4-12)13-5-6-13/h12-16H,2-11H2,1H3. The van der Waals surface area contributed by atoms with Crippen LogP contribution in [0.3, 0.4) is 0 Å². The molecule has 1 unspecified atom stereocenters. The van der Waals surface area contributed by atoms with Crippen molar-refractivity contribution in [3.05, 3.63) is 0 Å². The van der Waals surface area contributed by atoms with Crippen LogP contribution in [-0.4, -0.2) is 61.6 Å². The minimum atomic E-state index is -2.95. The summed E-state index contributed by atoms with van der Waals surface area (Å²) in [5.41, 5.74) is 0. The SMILES string of the molecule is CCS(=O)(=O)C1CSCCN1CCNC(C1CC1)C1CC1. The molecule has 2 aliphatic carbocycles. The first-order valence-corrected chi connectivity index (χ1v) is 11.3. The Balaban J connectivity index is 1.50. The van der Waals surface area contributed by atoms with E-state index in [0.29, 0.717) is 6.04 Å². The van der Waals surface area contributed by atoms with Gasteiger partial charge in [0.15, 0.2) is 9.84 Å². The predicted molar refractivity (Wildman–Crippen MR) is 89.4 cm³/mol. The van der Waals surface area contributed by atoms with Gasteiger partial charge in [-0.25, -0.2) is 8.42 Å². The number of hydrogen-bond acceptors (Lipinski definition) is 5. The lowest BCUT2D eigenvalue weighted by Gasteiger charge is -2.35. The molecule has 3 aliphatic rings. The molecular weight excluding hydrogens is 304 g/mol. The van der Waals surface area contributed by atoms with Crippen molar-refractivity contribution in [1.82, 2.24) is 10.2 Å². The zero-order chi connectivity index (χ0) is 14.9. The van der Waals surface area contributed by atoms with E-state index in [-0.39, 0.29) is 11.1 Å². The first kappa shape index (κ1) is 16.1. The molecule has 21 heavy (non-hydrogen) atoms. The van der Waals surface area contributed by atoms with Crippen molar-refractivity contribution in [2.75, 3.05) is 36.9 Å². The summed E-state index contributed by atoms with van der Waals surface area (Å²) >= 11 is 1.78. The molecule has 6 heteroatoms. The first-order valence-electron chi connectivity index (χ1n) is 8.38. The third-order valence-corrected chi connectivity index (χ3v) is 8.38. The number of rotatable bonds is 8. The maximum Gasteiger partial charge on any atom is 0.166 e. The summed E-state index contributed by atoms with van der Waals surface area (Å²) in [5, 5.41) is 3.48. The van der Waals surface area contributed by atoms with Crippen LogP contribution in [0.4, 0.5) is 0 Å². The van der Waals surface area contributed by atoms with Crippen LogP contribution < -0.4 is 5.32 Å². The van der Waals surface area contributed by atoms with Crippen molar-refractivity contribution in [1.29, 1.82) is 0 Å². The highest BCUT2D eigenvalue weighted by atomic mass is 32.2. The number of nitrogens with zero attached hydrogens (tertiary/aromatic N) is 1. The zero-order valence-electron chi connectivity index (χ0n) is 13.0. The number of sulfone groups is 1. The molecule has 0 amide bonds. The van der Waals surface area contributed by atoms with Crippen molar-refractivity contribution >= 4 is 21.6 Å². The lowest BCUT2D eigenvalue weighted by molar-refractivity contribution is 0.259. The second-order valence-electron chi connectivity index (χ2n) is 6.67. The van der Waals surface area contributed by atoms with Crippen molar-refractivity contribution in [3.63, 3.8) is 0 Å². The maximum atomic E-state index is 12.2. The summed E-state index contributed by atoms with van der Waals surface area (Å²) in [6.07, 6.45) is 5.56. The molecule has 3 rings (SSSR count). The van der Waals surface area contributed by atoms with Gasteiger partial charge in [0.2, 0.25) is 0 Å². The highest BCUT2D eigenvalue weighted by Gasteiger charge is 2.41. The molecule has 122 valence electrons. The fraction of sp³-hybridized carbons (Fsp3) is 1.00. The van der Waals surface area contributed by atoms with Gasteiger partial charge in [-0.3, -0.25) is 4.90 Å². The topological polar surface area (TPSA) is 49.4 Å². The molecule has 0 spiro atoms. The van der Waals surface area contributed by atoms with E-state index in [1.54, 1.807) is 18.7 Å². The fourth-order valence-electron chi connectivity index (χ4n) is 3.40. The highest BCUT2D eigenvalue weighted by Crippen LogP contribution is 2.44. The molecular formula is C15H28N2O2S2. The van der Waals surface area contributed by atoms with E-state index in [4.69, 9.17) is 0 Å². The summed E-state index contributed by atoms with van der Waals surface area (Å²) in [5.74, 6) is 3.87. The van der Waals surface area contributed by atoms with Crippen LogP contribution in [0.15, 0.2) is 0 Å². The summed E-state index contributed by atoms with van der Waals surface area (Å²) in [6, 6.07) is 0.713. The molecule has 0 radical (unpaired) electrons. The molecule has 1 heterocycles. The molecule has 0 bridgehead atoms. The van der Waals surface area contributed by atoms with Gasteiger partial charge in [0, 0.05) is 42.9 Å². The average molecular weight is 333 g/mol. The quantitative estimate of drug-likeness (QED) is 0.731. The molecule has 4 nitrogen and oxygen atoms in total. The van der Waals surface area contributed by atoms with Gasteiger partial charge in [-0.05, 0) is 37.5 Å². The second-order valence-corrected chi connectivity index (χ2v) is 10.3. The van der Waals surface area contributed by atoms with Gasteiger partial charge in [0.05, 0.1) is 0 Å². The summed E-state index contributed by atoms with van der Waals surface area (Å²) in [4.78, 5) is 2.19. The Morgan fingerprint density at radius 1 is 1.24 bits per heavy atom. The van der Waals surface area contributed by atoms with Crippen LogP contribution in [0.25, 0.3) is 0 Å². The Morgan fingerprint density at radius 3 is 2.48 bits per heavy atom. The van der Waals surface area contributed by atoms with E-state index < -0.39 is 9.84 Å². The van der Waals surface area contributed by atoms with Crippen LogP contribution in [0, 0.1) is 11.8 Å².